The van der Waals surface area contributed by atoms with Crippen LogP contribution in [0.15, 0.2) is 41.6 Å². The molecule has 3 rings (SSSR count). The molecule has 0 spiro atoms. The maximum Gasteiger partial charge on any atom is 0.209 e. The molecule has 2 aromatic carbocycles. The summed E-state index contributed by atoms with van der Waals surface area (Å²) < 4.78 is 7.64. The second-order valence-corrected chi connectivity index (χ2v) is 6.78. The number of fused-ring (bicyclic) bond motifs is 1. The number of nitrogens with zero attached hydrogens (tertiary/aromatic N) is 4. The number of hydrogen-bond acceptors (Lipinski definition) is 6. The molecule has 0 aliphatic carbocycles. The molecule has 0 fully saturated rings. The summed E-state index contributed by atoms with van der Waals surface area (Å²) in [5, 5.41) is 18.3. The van der Waals surface area contributed by atoms with Crippen LogP contribution in [-0.4, -0.2) is 39.1 Å². The number of benzene rings is 2. The lowest BCUT2D eigenvalue weighted by Gasteiger charge is -2.14. The number of tetrazole rings is 1. The molecule has 1 aromatic heterocycles. The zero-order valence-corrected chi connectivity index (χ0v) is 15.4. The second-order valence-electron chi connectivity index (χ2n) is 5.72. The van der Waals surface area contributed by atoms with Crippen LogP contribution in [0.4, 0.5) is 0 Å². The summed E-state index contributed by atoms with van der Waals surface area (Å²) in [4.78, 5) is 0. The van der Waals surface area contributed by atoms with Crippen molar-refractivity contribution in [3.8, 4) is 5.75 Å². The predicted octanol–water partition coefficient (Wildman–Crippen LogP) is 3.03. The Bertz CT molecular complexity index is 820. The second kappa shape index (κ2) is 8.82. The predicted molar refractivity (Wildman–Crippen MR) is 101 cm³/mol. The number of thioether (sulfide) groups is 1. The SMILES string of the molecule is CCCOc1ccc2ccccc2c1CNCCSc1nnnn1C. The highest BCUT2D eigenvalue weighted by atomic mass is 32.2. The van der Waals surface area contributed by atoms with E-state index < -0.39 is 0 Å². The Hall–Kier alpha value is -2.12. The quantitative estimate of drug-likeness (QED) is 0.469. The van der Waals surface area contributed by atoms with Crippen molar-refractivity contribution in [3.05, 3.63) is 42.0 Å². The third-order valence-electron chi connectivity index (χ3n) is 3.85. The smallest absolute Gasteiger partial charge is 0.209 e. The molecular weight excluding hydrogens is 334 g/mol. The number of aryl methyl sites for hydroxylation is 1. The van der Waals surface area contributed by atoms with Crippen molar-refractivity contribution in [1.82, 2.24) is 25.5 Å². The maximum absolute atomic E-state index is 5.95. The van der Waals surface area contributed by atoms with Crippen LogP contribution in [-0.2, 0) is 13.6 Å². The first kappa shape index (κ1) is 17.7. The molecule has 0 atom stereocenters. The Balaban J connectivity index is 1.63. The Morgan fingerprint density at radius 2 is 2.08 bits per heavy atom. The Morgan fingerprint density at radius 1 is 1.20 bits per heavy atom. The van der Waals surface area contributed by atoms with Crippen LogP contribution in [0.2, 0.25) is 0 Å². The average molecular weight is 357 g/mol. The van der Waals surface area contributed by atoms with Gasteiger partial charge in [-0.2, -0.15) is 0 Å². The monoisotopic (exact) mass is 357 g/mol. The first-order valence-electron chi connectivity index (χ1n) is 8.49. The summed E-state index contributed by atoms with van der Waals surface area (Å²) in [7, 11) is 1.85. The van der Waals surface area contributed by atoms with E-state index in [1.807, 2.05) is 7.05 Å². The molecule has 1 heterocycles. The molecule has 6 nitrogen and oxygen atoms in total. The van der Waals surface area contributed by atoms with Crippen molar-refractivity contribution < 1.29 is 4.74 Å². The highest BCUT2D eigenvalue weighted by Gasteiger charge is 2.09. The summed E-state index contributed by atoms with van der Waals surface area (Å²) in [5.74, 6) is 1.88. The number of ether oxygens (including phenoxy) is 1. The van der Waals surface area contributed by atoms with Crippen LogP contribution in [0.1, 0.15) is 18.9 Å². The van der Waals surface area contributed by atoms with Gasteiger partial charge in [0, 0.05) is 31.5 Å². The van der Waals surface area contributed by atoms with Gasteiger partial charge in [-0.1, -0.05) is 49.0 Å². The minimum atomic E-state index is 0.736. The van der Waals surface area contributed by atoms with E-state index in [4.69, 9.17) is 4.74 Å². The van der Waals surface area contributed by atoms with Gasteiger partial charge >= 0.3 is 0 Å². The molecule has 0 saturated heterocycles. The van der Waals surface area contributed by atoms with Crippen molar-refractivity contribution in [2.45, 2.75) is 25.0 Å². The lowest BCUT2D eigenvalue weighted by molar-refractivity contribution is 0.314. The third kappa shape index (κ3) is 4.49. The number of nitrogens with one attached hydrogen (secondary N) is 1. The van der Waals surface area contributed by atoms with Crippen molar-refractivity contribution in [1.29, 1.82) is 0 Å². The largest absolute Gasteiger partial charge is 0.493 e. The van der Waals surface area contributed by atoms with E-state index in [9.17, 15) is 0 Å². The fourth-order valence-electron chi connectivity index (χ4n) is 2.62. The zero-order valence-electron chi connectivity index (χ0n) is 14.6. The molecule has 25 heavy (non-hydrogen) atoms. The van der Waals surface area contributed by atoms with Gasteiger partial charge in [-0.25, -0.2) is 4.68 Å². The van der Waals surface area contributed by atoms with Crippen LogP contribution in [0.5, 0.6) is 5.75 Å². The molecule has 3 aromatic rings. The molecule has 7 heteroatoms. The summed E-state index contributed by atoms with van der Waals surface area (Å²) >= 11 is 1.64. The normalized spacial score (nSPS) is 11.1. The Kier molecular flexibility index (Phi) is 6.25. The first-order valence-corrected chi connectivity index (χ1v) is 9.47. The van der Waals surface area contributed by atoms with Gasteiger partial charge in [0.25, 0.3) is 0 Å². The minimum Gasteiger partial charge on any atom is -0.493 e. The molecule has 0 radical (unpaired) electrons. The molecule has 0 aliphatic heterocycles. The van der Waals surface area contributed by atoms with Gasteiger partial charge in [0.1, 0.15) is 5.75 Å². The van der Waals surface area contributed by atoms with Gasteiger partial charge in [0.15, 0.2) is 0 Å². The molecule has 1 N–H and O–H groups in total. The highest BCUT2D eigenvalue weighted by molar-refractivity contribution is 7.99. The van der Waals surface area contributed by atoms with E-state index >= 15 is 0 Å². The lowest BCUT2D eigenvalue weighted by atomic mass is 10.0. The fraction of sp³-hybridized carbons (Fsp3) is 0.389. The van der Waals surface area contributed by atoms with Gasteiger partial charge in [-0.05, 0) is 33.7 Å². The molecular formula is C18H23N5OS. The fourth-order valence-corrected chi connectivity index (χ4v) is 3.36. The number of aromatic nitrogens is 4. The summed E-state index contributed by atoms with van der Waals surface area (Å²) in [5.41, 5.74) is 1.22. The van der Waals surface area contributed by atoms with E-state index in [0.29, 0.717) is 0 Å². The summed E-state index contributed by atoms with van der Waals surface area (Å²) in [6, 6.07) is 12.6. The molecule has 0 aliphatic rings. The van der Waals surface area contributed by atoms with E-state index in [1.165, 1.54) is 16.3 Å². The zero-order chi connectivity index (χ0) is 17.5. The van der Waals surface area contributed by atoms with Gasteiger partial charge in [0.2, 0.25) is 5.16 Å². The van der Waals surface area contributed by atoms with Crippen LogP contribution < -0.4 is 10.1 Å². The standard InChI is InChI=1S/C18H23N5OS/c1-3-11-24-17-9-8-14-6-4-5-7-15(14)16(17)13-19-10-12-25-18-20-21-22-23(18)2/h4-9,19H,3,10-13H2,1-2H3. The molecule has 0 bridgehead atoms. The highest BCUT2D eigenvalue weighted by Crippen LogP contribution is 2.28. The third-order valence-corrected chi connectivity index (χ3v) is 4.86. The molecule has 0 saturated carbocycles. The van der Waals surface area contributed by atoms with E-state index in [0.717, 1.165) is 42.8 Å². The Morgan fingerprint density at radius 3 is 2.88 bits per heavy atom. The van der Waals surface area contributed by atoms with Crippen molar-refractivity contribution in [2.24, 2.45) is 7.05 Å². The number of hydrogen-bond donors (Lipinski definition) is 1. The summed E-state index contributed by atoms with van der Waals surface area (Å²) in [6.07, 6.45) is 1.00. The van der Waals surface area contributed by atoms with Crippen LogP contribution in [0.3, 0.4) is 0 Å². The van der Waals surface area contributed by atoms with Crippen LogP contribution in [0, 0.1) is 0 Å². The van der Waals surface area contributed by atoms with E-state index in [2.05, 4.69) is 64.2 Å². The minimum absolute atomic E-state index is 0.736. The first-order chi connectivity index (χ1) is 12.3. The molecule has 0 unspecified atom stereocenters. The van der Waals surface area contributed by atoms with Crippen molar-refractivity contribution >= 4 is 22.5 Å². The van der Waals surface area contributed by atoms with E-state index in [1.54, 1.807) is 16.4 Å². The lowest BCUT2D eigenvalue weighted by Crippen LogP contribution is -2.18. The van der Waals surface area contributed by atoms with Gasteiger partial charge in [-0.3, -0.25) is 0 Å². The maximum atomic E-state index is 5.95. The van der Waals surface area contributed by atoms with Crippen LogP contribution >= 0.6 is 11.8 Å². The number of rotatable bonds is 9. The van der Waals surface area contributed by atoms with E-state index in [-0.39, 0.29) is 0 Å². The van der Waals surface area contributed by atoms with Crippen molar-refractivity contribution in [2.75, 3.05) is 18.9 Å². The van der Waals surface area contributed by atoms with Crippen LogP contribution in [0.25, 0.3) is 10.8 Å². The van der Waals surface area contributed by atoms with Crippen molar-refractivity contribution in [3.63, 3.8) is 0 Å². The Labute approximate surface area is 151 Å². The molecule has 0 amide bonds. The molecule has 132 valence electrons. The van der Waals surface area contributed by atoms with Gasteiger partial charge < -0.3 is 10.1 Å². The van der Waals surface area contributed by atoms with Gasteiger partial charge in [0.05, 0.1) is 6.61 Å². The topological polar surface area (TPSA) is 64.9 Å². The van der Waals surface area contributed by atoms with Gasteiger partial charge in [-0.15, -0.1) is 5.10 Å². The average Bonchev–Trinajstić information content (AvgIpc) is 3.05. The summed E-state index contributed by atoms with van der Waals surface area (Å²) in [6.45, 7) is 4.50.